The molecule has 0 amide bonds. The van der Waals surface area contributed by atoms with Crippen molar-refractivity contribution < 1.29 is 8.42 Å². The molecule has 0 fully saturated rings. The Morgan fingerprint density at radius 3 is 2.48 bits per heavy atom. The van der Waals surface area contributed by atoms with Crippen LogP contribution >= 0.6 is 0 Å². The van der Waals surface area contributed by atoms with Crippen LogP contribution in [0.15, 0.2) is 65.8 Å². The minimum atomic E-state index is -3.26. The number of fused-ring (bicyclic) bond motifs is 1. The summed E-state index contributed by atoms with van der Waals surface area (Å²) in [5.41, 5.74) is 3.04. The highest BCUT2D eigenvalue weighted by atomic mass is 32.2. The van der Waals surface area contributed by atoms with E-state index < -0.39 is 10.0 Å². The van der Waals surface area contributed by atoms with Crippen molar-refractivity contribution >= 4 is 26.9 Å². The van der Waals surface area contributed by atoms with Crippen molar-refractivity contribution in [2.45, 2.75) is 32.2 Å². The fraction of sp³-hybridized carbons (Fsp3) is 0.348. The fourth-order valence-electron chi connectivity index (χ4n) is 3.34. The molecule has 166 valence electrons. The van der Waals surface area contributed by atoms with E-state index in [4.69, 9.17) is 0 Å². The van der Waals surface area contributed by atoms with Crippen LogP contribution in [-0.4, -0.2) is 39.1 Å². The molecule has 0 radical (unpaired) electrons. The molecule has 0 saturated heterocycles. The first-order chi connectivity index (χ1) is 15.0. The summed E-state index contributed by atoms with van der Waals surface area (Å²) in [6.07, 6.45) is 3.12. The number of rotatable bonds is 10. The standard InChI is InChI=1S/C23H31N5O2S/c1-3-25-23(26-14-6-15-28-16-13-21-7-4-5-8-22(21)28)27-17-19-9-11-20(12-10-19)18-31(29,30)24-2/h4-5,7-13,16,24H,3,6,14-15,17-18H2,1-2H3,(H2,25,26,27). The van der Waals surface area contributed by atoms with Gasteiger partial charge in [-0.2, -0.15) is 0 Å². The minimum Gasteiger partial charge on any atom is -0.357 e. The van der Waals surface area contributed by atoms with Gasteiger partial charge in [-0.3, -0.25) is 0 Å². The highest BCUT2D eigenvalue weighted by molar-refractivity contribution is 7.88. The maximum Gasteiger partial charge on any atom is 0.215 e. The quantitative estimate of drug-likeness (QED) is 0.256. The first-order valence-corrected chi connectivity index (χ1v) is 12.2. The van der Waals surface area contributed by atoms with Gasteiger partial charge in [-0.05, 0) is 49.0 Å². The van der Waals surface area contributed by atoms with Gasteiger partial charge < -0.3 is 15.2 Å². The third kappa shape index (κ3) is 6.83. The van der Waals surface area contributed by atoms with Gasteiger partial charge in [-0.1, -0.05) is 42.5 Å². The van der Waals surface area contributed by atoms with Crippen LogP contribution in [0, 0.1) is 0 Å². The highest BCUT2D eigenvalue weighted by Gasteiger charge is 2.08. The third-order valence-corrected chi connectivity index (χ3v) is 6.34. The average molecular weight is 442 g/mol. The Morgan fingerprint density at radius 1 is 1.00 bits per heavy atom. The number of aliphatic imine (C=N–C) groups is 1. The zero-order valence-electron chi connectivity index (χ0n) is 18.1. The number of aryl methyl sites for hydroxylation is 1. The Balaban J connectivity index is 1.50. The second kappa shape index (κ2) is 11.0. The van der Waals surface area contributed by atoms with E-state index in [2.05, 4.69) is 61.4 Å². The van der Waals surface area contributed by atoms with Gasteiger partial charge in [0.2, 0.25) is 10.0 Å². The van der Waals surface area contributed by atoms with Crippen LogP contribution in [-0.2, 0) is 28.9 Å². The van der Waals surface area contributed by atoms with E-state index in [0.29, 0.717) is 6.54 Å². The van der Waals surface area contributed by atoms with Crippen LogP contribution in [0.3, 0.4) is 0 Å². The van der Waals surface area contributed by atoms with Gasteiger partial charge in [0, 0.05) is 31.3 Å². The number of nitrogens with one attached hydrogen (secondary N) is 3. The summed E-state index contributed by atoms with van der Waals surface area (Å²) < 4.78 is 27.9. The molecule has 1 aromatic heterocycles. The van der Waals surface area contributed by atoms with E-state index in [1.165, 1.54) is 18.0 Å². The monoisotopic (exact) mass is 441 g/mol. The van der Waals surface area contributed by atoms with Crippen molar-refractivity contribution in [3.05, 3.63) is 71.9 Å². The number of benzene rings is 2. The summed E-state index contributed by atoms with van der Waals surface area (Å²) in [4.78, 5) is 4.65. The smallest absolute Gasteiger partial charge is 0.215 e. The lowest BCUT2D eigenvalue weighted by molar-refractivity contribution is 0.587. The second-order valence-electron chi connectivity index (χ2n) is 7.32. The first-order valence-electron chi connectivity index (χ1n) is 10.6. The Morgan fingerprint density at radius 2 is 1.74 bits per heavy atom. The number of hydrogen-bond donors (Lipinski definition) is 3. The maximum absolute atomic E-state index is 11.7. The fourth-order valence-corrected chi connectivity index (χ4v) is 4.11. The Hall–Kier alpha value is -2.84. The predicted molar refractivity (Wildman–Crippen MR) is 127 cm³/mol. The van der Waals surface area contributed by atoms with Crippen molar-refractivity contribution in [2.24, 2.45) is 4.99 Å². The van der Waals surface area contributed by atoms with E-state index in [-0.39, 0.29) is 5.75 Å². The van der Waals surface area contributed by atoms with Gasteiger partial charge in [-0.15, -0.1) is 0 Å². The number of nitrogens with zero attached hydrogens (tertiary/aromatic N) is 2. The van der Waals surface area contributed by atoms with Gasteiger partial charge in [-0.25, -0.2) is 18.1 Å². The van der Waals surface area contributed by atoms with Gasteiger partial charge in [0.25, 0.3) is 0 Å². The summed E-state index contributed by atoms with van der Waals surface area (Å²) in [5, 5.41) is 7.92. The molecule has 7 nitrogen and oxygen atoms in total. The molecule has 0 aliphatic heterocycles. The van der Waals surface area contributed by atoms with Crippen LogP contribution in [0.5, 0.6) is 0 Å². The Kier molecular flexibility index (Phi) is 8.08. The second-order valence-corrected chi connectivity index (χ2v) is 9.25. The number of para-hydroxylation sites is 1. The third-order valence-electron chi connectivity index (χ3n) is 5.00. The van der Waals surface area contributed by atoms with Gasteiger partial charge in [0.05, 0.1) is 12.3 Å². The SMILES string of the molecule is CCNC(=NCc1ccc(CS(=O)(=O)NC)cc1)NCCCn1ccc2ccccc21. The lowest BCUT2D eigenvalue weighted by Crippen LogP contribution is -2.38. The molecule has 1 heterocycles. The van der Waals surface area contributed by atoms with Crippen molar-refractivity contribution in [1.82, 2.24) is 19.9 Å². The van der Waals surface area contributed by atoms with E-state index in [9.17, 15) is 8.42 Å². The van der Waals surface area contributed by atoms with Crippen LogP contribution < -0.4 is 15.4 Å². The van der Waals surface area contributed by atoms with Crippen LogP contribution in [0.25, 0.3) is 10.9 Å². The molecule has 3 rings (SSSR count). The molecule has 0 bridgehead atoms. The average Bonchev–Trinajstić information content (AvgIpc) is 3.19. The number of guanidine groups is 1. The molecule has 3 N–H and O–H groups in total. The molecule has 2 aromatic carbocycles. The number of aromatic nitrogens is 1. The van der Waals surface area contributed by atoms with Crippen molar-refractivity contribution in [3.63, 3.8) is 0 Å². The van der Waals surface area contributed by atoms with E-state index in [1.807, 2.05) is 31.2 Å². The lowest BCUT2D eigenvalue weighted by atomic mass is 10.1. The molecule has 0 atom stereocenters. The van der Waals surface area contributed by atoms with E-state index >= 15 is 0 Å². The molecule has 0 aliphatic rings. The summed E-state index contributed by atoms with van der Waals surface area (Å²) in [5.74, 6) is 0.759. The highest BCUT2D eigenvalue weighted by Crippen LogP contribution is 2.15. The minimum absolute atomic E-state index is 0.0199. The molecule has 31 heavy (non-hydrogen) atoms. The van der Waals surface area contributed by atoms with Crippen molar-refractivity contribution in [1.29, 1.82) is 0 Å². The molecule has 0 unspecified atom stereocenters. The topological polar surface area (TPSA) is 87.5 Å². The normalized spacial score (nSPS) is 12.3. The molecule has 0 aliphatic carbocycles. The largest absolute Gasteiger partial charge is 0.357 e. The molecule has 0 saturated carbocycles. The molecule has 0 spiro atoms. The van der Waals surface area contributed by atoms with Gasteiger partial charge in [0.1, 0.15) is 0 Å². The predicted octanol–water partition coefficient (Wildman–Crippen LogP) is 2.84. The van der Waals surface area contributed by atoms with Crippen LogP contribution in [0.2, 0.25) is 0 Å². The number of sulfonamides is 1. The zero-order chi connectivity index (χ0) is 22.1. The van der Waals surface area contributed by atoms with Crippen LogP contribution in [0.4, 0.5) is 0 Å². The molecule has 8 heteroatoms. The molecular weight excluding hydrogens is 410 g/mol. The van der Waals surface area contributed by atoms with Gasteiger partial charge in [0.15, 0.2) is 5.96 Å². The molecule has 3 aromatic rings. The summed E-state index contributed by atoms with van der Waals surface area (Å²) >= 11 is 0. The Bertz CT molecular complexity index is 1100. The lowest BCUT2D eigenvalue weighted by Gasteiger charge is -2.12. The van der Waals surface area contributed by atoms with Crippen molar-refractivity contribution in [2.75, 3.05) is 20.1 Å². The van der Waals surface area contributed by atoms with Gasteiger partial charge >= 0.3 is 0 Å². The van der Waals surface area contributed by atoms with Crippen LogP contribution in [0.1, 0.15) is 24.5 Å². The number of hydrogen-bond acceptors (Lipinski definition) is 3. The summed E-state index contributed by atoms with van der Waals surface area (Å²) in [7, 11) is -1.83. The molecular formula is C23H31N5O2S. The summed E-state index contributed by atoms with van der Waals surface area (Å²) in [6.45, 7) is 5.11. The Labute approximate surface area is 184 Å². The van der Waals surface area contributed by atoms with E-state index in [1.54, 1.807) is 0 Å². The first kappa shape index (κ1) is 22.8. The van der Waals surface area contributed by atoms with E-state index in [0.717, 1.165) is 43.1 Å². The maximum atomic E-state index is 11.7. The summed E-state index contributed by atoms with van der Waals surface area (Å²) in [6, 6.07) is 18.1. The van der Waals surface area contributed by atoms with Crippen molar-refractivity contribution in [3.8, 4) is 0 Å². The zero-order valence-corrected chi connectivity index (χ0v) is 19.0.